The van der Waals surface area contributed by atoms with Gasteiger partial charge in [-0.3, -0.25) is 9.59 Å². The van der Waals surface area contributed by atoms with Crippen molar-refractivity contribution in [3.8, 4) is 0 Å². The van der Waals surface area contributed by atoms with Crippen molar-refractivity contribution in [1.82, 2.24) is 10.2 Å². The highest BCUT2D eigenvalue weighted by molar-refractivity contribution is 6.01. The van der Waals surface area contributed by atoms with Crippen LogP contribution in [0.25, 0.3) is 0 Å². The number of fused-ring (bicyclic) bond motifs is 1. The lowest BCUT2D eigenvalue weighted by molar-refractivity contribution is -0.137. The average molecular weight is 483 g/mol. The third kappa shape index (κ3) is 5.22. The molecular formula is C27H25F3N2O3. The van der Waals surface area contributed by atoms with Crippen molar-refractivity contribution in [3.63, 3.8) is 0 Å². The fraction of sp³-hybridized carbons (Fsp3) is 0.259. The van der Waals surface area contributed by atoms with Crippen LogP contribution in [0, 0.1) is 0 Å². The number of alkyl halides is 3. The first-order valence-electron chi connectivity index (χ1n) is 11.2. The highest BCUT2D eigenvalue weighted by Crippen LogP contribution is 2.42. The summed E-state index contributed by atoms with van der Waals surface area (Å²) in [6.45, 7) is 0.491. The topological polar surface area (TPSA) is 58.6 Å². The van der Waals surface area contributed by atoms with Gasteiger partial charge in [-0.15, -0.1) is 0 Å². The third-order valence-electron chi connectivity index (χ3n) is 6.12. The number of amides is 2. The summed E-state index contributed by atoms with van der Waals surface area (Å²) in [7, 11) is 1.54. The molecule has 8 heteroatoms. The molecule has 35 heavy (non-hydrogen) atoms. The molecule has 0 radical (unpaired) electrons. The predicted octanol–water partition coefficient (Wildman–Crippen LogP) is 4.95. The second-order valence-electron chi connectivity index (χ2n) is 8.33. The highest BCUT2D eigenvalue weighted by atomic mass is 19.4. The summed E-state index contributed by atoms with van der Waals surface area (Å²) in [4.78, 5) is 28.7. The molecule has 2 amide bonds. The minimum absolute atomic E-state index is 0.0745. The summed E-state index contributed by atoms with van der Waals surface area (Å²) in [5.41, 5.74) is 1.36. The Morgan fingerprint density at radius 1 is 1.00 bits per heavy atom. The van der Waals surface area contributed by atoms with Crippen LogP contribution < -0.4 is 5.32 Å². The SMILES string of the molecule is COCCN1C(=O)c2ccccc2[C@@H](C(=O)NCc2cccc(C(F)(F)F)c2)[C@H]1c1ccccc1. The summed E-state index contributed by atoms with van der Waals surface area (Å²) >= 11 is 0. The lowest BCUT2D eigenvalue weighted by Crippen LogP contribution is -2.48. The number of rotatable bonds is 7. The first-order valence-corrected chi connectivity index (χ1v) is 11.2. The van der Waals surface area contributed by atoms with E-state index in [1.165, 1.54) is 12.1 Å². The zero-order valence-electron chi connectivity index (χ0n) is 19.1. The molecule has 0 unspecified atom stereocenters. The van der Waals surface area contributed by atoms with Gasteiger partial charge in [0.2, 0.25) is 5.91 Å². The Kier molecular flexibility index (Phi) is 7.21. The van der Waals surface area contributed by atoms with E-state index in [1.54, 1.807) is 36.3 Å². The lowest BCUT2D eigenvalue weighted by atomic mass is 9.79. The fourth-order valence-electron chi connectivity index (χ4n) is 4.49. The number of hydrogen-bond acceptors (Lipinski definition) is 3. The first kappa shape index (κ1) is 24.5. The van der Waals surface area contributed by atoms with Gasteiger partial charge in [-0.1, -0.05) is 60.7 Å². The van der Waals surface area contributed by atoms with Crippen molar-refractivity contribution in [2.75, 3.05) is 20.3 Å². The van der Waals surface area contributed by atoms with E-state index < -0.39 is 23.7 Å². The molecule has 3 aromatic carbocycles. The second kappa shape index (κ2) is 10.3. The molecule has 182 valence electrons. The largest absolute Gasteiger partial charge is 0.416 e. The molecule has 1 N–H and O–H groups in total. The van der Waals surface area contributed by atoms with Crippen molar-refractivity contribution in [3.05, 3.63) is 107 Å². The van der Waals surface area contributed by atoms with E-state index in [2.05, 4.69) is 5.32 Å². The number of carbonyl (C=O) groups is 2. The second-order valence-corrected chi connectivity index (χ2v) is 8.33. The number of ether oxygens (including phenoxy) is 1. The van der Waals surface area contributed by atoms with E-state index >= 15 is 0 Å². The van der Waals surface area contributed by atoms with Gasteiger partial charge in [0, 0.05) is 25.8 Å². The maximum absolute atomic E-state index is 13.6. The van der Waals surface area contributed by atoms with Crippen LogP contribution >= 0.6 is 0 Å². The van der Waals surface area contributed by atoms with E-state index in [1.807, 2.05) is 30.3 Å². The Morgan fingerprint density at radius 2 is 1.71 bits per heavy atom. The number of nitrogens with zero attached hydrogens (tertiary/aromatic N) is 1. The summed E-state index contributed by atoms with van der Waals surface area (Å²) in [6, 6.07) is 20.5. The summed E-state index contributed by atoms with van der Waals surface area (Å²) in [5, 5.41) is 2.80. The average Bonchev–Trinajstić information content (AvgIpc) is 2.87. The van der Waals surface area contributed by atoms with Gasteiger partial charge >= 0.3 is 6.18 Å². The molecule has 0 saturated carbocycles. The number of hydrogen-bond donors (Lipinski definition) is 1. The van der Waals surface area contributed by atoms with E-state index in [0.717, 1.165) is 17.7 Å². The normalized spacial score (nSPS) is 17.7. The van der Waals surface area contributed by atoms with Crippen LogP contribution in [-0.4, -0.2) is 37.0 Å². The van der Waals surface area contributed by atoms with Crippen molar-refractivity contribution >= 4 is 11.8 Å². The number of nitrogens with one attached hydrogen (secondary N) is 1. The molecule has 0 aliphatic carbocycles. The minimum atomic E-state index is -4.47. The standard InChI is InChI=1S/C27H25F3N2O3/c1-35-15-14-32-24(19-9-3-2-4-10-19)23(21-12-5-6-13-22(21)26(32)34)25(33)31-17-18-8-7-11-20(16-18)27(28,29)30/h2-13,16,23-24H,14-15,17H2,1H3,(H,31,33)/t23-,24-/m1/s1. The molecular weight excluding hydrogens is 457 g/mol. The minimum Gasteiger partial charge on any atom is -0.383 e. The first-order chi connectivity index (χ1) is 16.8. The van der Waals surface area contributed by atoms with Gasteiger partial charge in [-0.2, -0.15) is 13.2 Å². The number of methoxy groups -OCH3 is 1. The Morgan fingerprint density at radius 3 is 2.43 bits per heavy atom. The molecule has 5 nitrogen and oxygen atoms in total. The smallest absolute Gasteiger partial charge is 0.383 e. The molecule has 0 aromatic heterocycles. The molecule has 0 fully saturated rings. The van der Waals surface area contributed by atoms with Crippen molar-refractivity contribution in [1.29, 1.82) is 0 Å². The maximum atomic E-state index is 13.6. The third-order valence-corrected chi connectivity index (χ3v) is 6.12. The zero-order valence-corrected chi connectivity index (χ0v) is 19.1. The van der Waals surface area contributed by atoms with Crippen LogP contribution in [-0.2, 0) is 22.3 Å². The monoisotopic (exact) mass is 482 g/mol. The molecule has 0 saturated heterocycles. The Bertz CT molecular complexity index is 1200. The Balaban J connectivity index is 1.70. The van der Waals surface area contributed by atoms with Crippen LogP contribution in [0.5, 0.6) is 0 Å². The summed E-state index contributed by atoms with van der Waals surface area (Å²) in [6.07, 6.45) is -4.47. The molecule has 1 aliphatic heterocycles. The van der Waals surface area contributed by atoms with E-state index in [4.69, 9.17) is 4.74 Å². The lowest BCUT2D eigenvalue weighted by Gasteiger charge is -2.41. The highest BCUT2D eigenvalue weighted by Gasteiger charge is 2.43. The molecule has 3 aromatic rings. The van der Waals surface area contributed by atoms with Crippen LogP contribution in [0.15, 0.2) is 78.9 Å². The fourth-order valence-corrected chi connectivity index (χ4v) is 4.49. The molecule has 0 bridgehead atoms. The van der Waals surface area contributed by atoms with E-state index in [-0.39, 0.29) is 31.5 Å². The van der Waals surface area contributed by atoms with Gasteiger partial charge in [0.1, 0.15) is 0 Å². The van der Waals surface area contributed by atoms with E-state index in [0.29, 0.717) is 16.7 Å². The van der Waals surface area contributed by atoms with E-state index in [9.17, 15) is 22.8 Å². The van der Waals surface area contributed by atoms with Crippen molar-refractivity contribution in [2.24, 2.45) is 0 Å². The van der Waals surface area contributed by atoms with Crippen molar-refractivity contribution < 1.29 is 27.5 Å². The van der Waals surface area contributed by atoms with Crippen molar-refractivity contribution in [2.45, 2.75) is 24.7 Å². The van der Waals surface area contributed by atoms with Gasteiger partial charge in [0.05, 0.1) is 24.1 Å². The molecule has 1 aliphatic rings. The summed E-state index contributed by atoms with van der Waals surface area (Å²) in [5.74, 6) is -1.33. The van der Waals surface area contributed by atoms with Gasteiger partial charge in [-0.05, 0) is 34.9 Å². The number of carbonyl (C=O) groups excluding carboxylic acids is 2. The van der Waals surface area contributed by atoms with Gasteiger partial charge < -0.3 is 15.0 Å². The quantitative estimate of drug-likeness (QED) is 0.519. The van der Waals surface area contributed by atoms with Crippen LogP contribution in [0.1, 0.15) is 44.6 Å². The Hall–Kier alpha value is -3.65. The maximum Gasteiger partial charge on any atom is 0.416 e. The molecule has 1 heterocycles. The molecule has 4 rings (SSSR count). The summed E-state index contributed by atoms with van der Waals surface area (Å²) < 4.78 is 44.5. The van der Waals surface area contributed by atoms with Crippen LogP contribution in [0.3, 0.4) is 0 Å². The predicted molar refractivity (Wildman–Crippen MR) is 125 cm³/mol. The number of benzene rings is 3. The zero-order chi connectivity index (χ0) is 25.0. The number of halogens is 3. The van der Waals surface area contributed by atoms with Gasteiger partial charge in [-0.25, -0.2) is 0 Å². The van der Waals surface area contributed by atoms with Gasteiger partial charge in [0.15, 0.2) is 0 Å². The van der Waals surface area contributed by atoms with Crippen LogP contribution in [0.4, 0.5) is 13.2 Å². The molecule has 0 spiro atoms. The van der Waals surface area contributed by atoms with Crippen LogP contribution in [0.2, 0.25) is 0 Å². The Labute approximate surface area is 201 Å². The molecule has 2 atom stereocenters. The van der Waals surface area contributed by atoms with Gasteiger partial charge in [0.25, 0.3) is 5.91 Å².